The van der Waals surface area contributed by atoms with Crippen molar-refractivity contribution in [1.82, 2.24) is 14.8 Å². The number of ether oxygens (including phenoxy) is 1. The van der Waals surface area contributed by atoms with E-state index in [-0.39, 0.29) is 17.5 Å². The Morgan fingerprint density at radius 2 is 2.12 bits per heavy atom. The summed E-state index contributed by atoms with van der Waals surface area (Å²) in [6.07, 6.45) is 0.736. The first-order valence-electron chi connectivity index (χ1n) is 8.50. The van der Waals surface area contributed by atoms with E-state index in [2.05, 4.69) is 10.2 Å². The number of carbonyl (C=O) groups is 1. The molecule has 1 aromatic carbocycles. The topological polar surface area (TPSA) is 96.9 Å². The monoisotopic (exact) mass is 353 g/mol. The van der Waals surface area contributed by atoms with E-state index in [1.807, 2.05) is 24.3 Å². The second-order valence-electron chi connectivity index (χ2n) is 6.61. The van der Waals surface area contributed by atoms with E-state index >= 15 is 0 Å². The molecule has 0 radical (unpaired) electrons. The first-order valence-corrected chi connectivity index (χ1v) is 8.50. The number of hydrogen-bond donors (Lipinski definition) is 2. The number of aryl methyl sites for hydroxylation is 3. The van der Waals surface area contributed by atoms with E-state index in [9.17, 15) is 14.4 Å². The van der Waals surface area contributed by atoms with Gasteiger partial charge in [-0.05, 0) is 30.4 Å². The van der Waals surface area contributed by atoms with E-state index in [4.69, 9.17) is 4.74 Å². The number of benzene rings is 1. The van der Waals surface area contributed by atoms with E-state index in [1.54, 1.807) is 11.5 Å². The summed E-state index contributed by atoms with van der Waals surface area (Å²) in [6.45, 7) is 2.35. The molecule has 0 bridgehead atoms. The van der Waals surface area contributed by atoms with Crippen LogP contribution in [-0.4, -0.2) is 27.8 Å². The molecule has 1 atom stereocenters. The molecule has 0 aliphatic carbocycles. The Morgan fingerprint density at radius 1 is 1.31 bits per heavy atom. The molecule has 134 valence electrons. The third-order valence-corrected chi connectivity index (χ3v) is 5.16. The molecule has 2 N–H and O–H groups in total. The van der Waals surface area contributed by atoms with Gasteiger partial charge in [-0.1, -0.05) is 18.2 Å². The van der Waals surface area contributed by atoms with Gasteiger partial charge in [0.1, 0.15) is 0 Å². The fourth-order valence-electron chi connectivity index (χ4n) is 3.93. The van der Waals surface area contributed by atoms with Crippen molar-refractivity contribution in [2.45, 2.75) is 32.2 Å². The summed E-state index contributed by atoms with van der Waals surface area (Å²) >= 11 is 0. The highest BCUT2D eigenvalue weighted by molar-refractivity contribution is 5.84. The number of methoxy groups -OCH3 is 1. The smallest absolute Gasteiger partial charge is 0.306 e. The van der Waals surface area contributed by atoms with Crippen LogP contribution in [-0.2, 0) is 22.5 Å². The maximum absolute atomic E-state index is 13.2. The van der Waals surface area contributed by atoms with Gasteiger partial charge in [-0.2, -0.15) is 0 Å². The highest BCUT2D eigenvalue weighted by atomic mass is 16.5. The predicted octanol–water partition coefficient (Wildman–Crippen LogP) is 1.58. The van der Waals surface area contributed by atoms with Crippen LogP contribution in [0.3, 0.4) is 0 Å². The van der Waals surface area contributed by atoms with Crippen LogP contribution < -0.4 is 11.1 Å². The van der Waals surface area contributed by atoms with Gasteiger partial charge in [-0.3, -0.25) is 19.5 Å². The van der Waals surface area contributed by atoms with Crippen molar-refractivity contribution in [2.75, 3.05) is 7.11 Å². The van der Waals surface area contributed by atoms with Gasteiger partial charge < -0.3 is 14.4 Å². The van der Waals surface area contributed by atoms with Gasteiger partial charge in [-0.15, -0.1) is 0 Å². The largest absolute Gasteiger partial charge is 0.469 e. The van der Waals surface area contributed by atoms with Crippen molar-refractivity contribution in [3.05, 3.63) is 67.4 Å². The minimum absolute atomic E-state index is 0.0707. The van der Waals surface area contributed by atoms with Gasteiger partial charge in [0.25, 0.3) is 11.1 Å². The highest BCUT2D eigenvalue weighted by Gasteiger charge is 2.29. The minimum atomic E-state index is -0.664. The first-order chi connectivity index (χ1) is 12.5. The number of para-hydroxylation sites is 1. The van der Waals surface area contributed by atoms with Crippen LogP contribution in [0, 0.1) is 6.92 Å². The fraction of sp³-hybridized carbons (Fsp3) is 0.316. The second-order valence-corrected chi connectivity index (χ2v) is 6.61. The molecule has 0 fully saturated rings. The van der Waals surface area contributed by atoms with E-state index in [0.29, 0.717) is 23.4 Å². The van der Waals surface area contributed by atoms with Gasteiger partial charge in [0.15, 0.2) is 0 Å². The van der Waals surface area contributed by atoms with Gasteiger partial charge in [0.2, 0.25) is 0 Å². The third kappa shape index (κ3) is 2.39. The number of nitrogens with one attached hydrogen (secondary N) is 2. The number of rotatable bonds is 4. The average Bonchev–Trinajstić information content (AvgIpc) is 3.21. The zero-order chi connectivity index (χ0) is 18.4. The summed E-state index contributed by atoms with van der Waals surface area (Å²) in [5.41, 5.74) is 3.05. The summed E-state index contributed by atoms with van der Waals surface area (Å²) in [6, 6.07) is 7.75. The number of carbonyl (C=O) groups excluding carboxylic acids is 1. The Labute approximate surface area is 148 Å². The molecule has 0 spiro atoms. The van der Waals surface area contributed by atoms with Crippen molar-refractivity contribution in [3.8, 4) is 0 Å². The lowest BCUT2D eigenvalue weighted by atomic mass is 9.88. The molecular formula is C19H19N3O4. The molecule has 0 amide bonds. The molecule has 2 aromatic heterocycles. The number of pyridine rings is 1. The molecule has 3 aromatic rings. The number of esters is 1. The van der Waals surface area contributed by atoms with Crippen molar-refractivity contribution >= 4 is 16.9 Å². The van der Waals surface area contributed by atoms with E-state index < -0.39 is 11.9 Å². The maximum atomic E-state index is 13.2. The highest BCUT2D eigenvalue weighted by Crippen LogP contribution is 2.30. The van der Waals surface area contributed by atoms with Crippen LogP contribution in [0.1, 0.15) is 34.7 Å². The second kappa shape index (κ2) is 6.01. The zero-order valence-corrected chi connectivity index (χ0v) is 14.6. The molecule has 1 aliphatic rings. The van der Waals surface area contributed by atoms with Crippen molar-refractivity contribution in [2.24, 2.45) is 0 Å². The number of hydrogen-bond acceptors (Lipinski definition) is 4. The molecule has 0 saturated heterocycles. The van der Waals surface area contributed by atoms with E-state index in [1.165, 1.54) is 7.11 Å². The Balaban J connectivity index is 1.98. The summed E-state index contributed by atoms with van der Waals surface area (Å²) in [5.74, 6) is -1.13. The van der Waals surface area contributed by atoms with Crippen LogP contribution in [0.5, 0.6) is 0 Å². The third-order valence-electron chi connectivity index (χ3n) is 5.16. The van der Waals surface area contributed by atoms with Crippen molar-refractivity contribution in [1.29, 1.82) is 0 Å². The SMILES string of the molecule is COC(=O)C[C@@H](c1c(C)[nH][nH]c1=O)c1cc2cccc3c2n(c1=O)CC3. The Kier molecular flexibility index (Phi) is 3.79. The molecule has 7 heteroatoms. The van der Waals surface area contributed by atoms with Crippen molar-refractivity contribution < 1.29 is 9.53 Å². The molecule has 3 heterocycles. The molecule has 7 nitrogen and oxygen atoms in total. The number of nitrogens with zero attached hydrogens (tertiary/aromatic N) is 1. The summed E-state index contributed by atoms with van der Waals surface area (Å²) < 4.78 is 6.55. The lowest BCUT2D eigenvalue weighted by Crippen LogP contribution is -2.28. The molecule has 0 unspecified atom stereocenters. The number of aromatic nitrogens is 3. The maximum Gasteiger partial charge on any atom is 0.306 e. The van der Waals surface area contributed by atoms with Crippen LogP contribution in [0.25, 0.3) is 10.9 Å². The van der Waals surface area contributed by atoms with E-state index in [0.717, 1.165) is 22.9 Å². The summed E-state index contributed by atoms with van der Waals surface area (Å²) in [7, 11) is 1.30. The molecule has 1 aliphatic heterocycles. The minimum Gasteiger partial charge on any atom is -0.469 e. The van der Waals surface area contributed by atoms with Gasteiger partial charge >= 0.3 is 5.97 Å². The average molecular weight is 353 g/mol. The van der Waals surface area contributed by atoms with Crippen LogP contribution >= 0.6 is 0 Å². The molecular weight excluding hydrogens is 334 g/mol. The van der Waals surface area contributed by atoms with Gasteiger partial charge in [0, 0.05) is 29.3 Å². The van der Waals surface area contributed by atoms with Crippen LogP contribution in [0.15, 0.2) is 33.9 Å². The Hall–Kier alpha value is -3.09. The lowest BCUT2D eigenvalue weighted by molar-refractivity contribution is -0.140. The first kappa shape index (κ1) is 16.4. The predicted molar refractivity (Wildman–Crippen MR) is 96.5 cm³/mol. The van der Waals surface area contributed by atoms with Gasteiger partial charge in [-0.25, -0.2) is 0 Å². The van der Waals surface area contributed by atoms with Crippen LogP contribution in [0.2, 0.25) is 0 Å². The quantitative estimate of drug-likeness (QED) is 0.696. The normalized spacial score (nSPS) is 13.9. The van der Waals surface area contributed by atoms with Crippen LogP contribution in [0.4, 0.5) is 0 Å². The molecule has 0 saturated carbocycles. The van der Waals surface area contributed by atoms with Crippen molar-refractivity contribution in [3.63, 3.8) is 0 Å². The molecule has 4 rings (SSSR count). The molecule has 26 heavy (non-hydrogen) atoms. The van der Waals surface area contributed by atoms with Gasteiger partial charge in [0.05, 0.1) is 19.0 Å². The summed E-state index contributed by atoms with van der Waals surface area (Å²) in [5, 5.41) is 6.25. The lowest BCUT2D eigenvalue weighted by Gasteiger charge is -2.17. The standard InChI is InChI=1S/C19H19N3O4/c1-10-16(18(24)21-20-10)13(9-15(23)26-2)14-8-12-5-3-4-11-6-7-22(17(11)12)19(14)25/h3-5,8,13H,6-7,9H2,1-2H3,(H2,20,21,24)/t13-/m1/s1. The zero-order valence-electron chi connectivity index (χ0n) is 14.6. The Bertz CT molecular complexity index is 1140. The fourth-order valence-corrected chi connectivity index (χ4v) is 3.93. The number of aromatic amines is 2. The summed E-state index contributed by atoms with van der Waals surface area (Å²) in [4.78, 5) is 37.5. The number of H-pyrrole nitrogens is 2. The Morgan fingerprint density at radius 3 is 2.81 bits per heavy atom.